The molecule has 0 radical (unpaired) electrons. The predicted molar refractivity (Wildman–Crippen MR) is 62.1 cm³/mol. The van der Waals surface area contributed by atoms with Gasteiger partial charge < -0.3 is 4.74 Å². The lowest BCUT2D eigenvalue weighted by Crippen LogP contribution is -2.59. The molecule has 0 aromatic rings. The third-order valence-electron chi connectivity index (χ3n) is 2.33. The maximum atomic E-state index is 12.9. The number of ether oxygens (including phenoxy) is 1. The Labute approximate surface area is 107 Å². The summed E-state index contributed by atoms with van der Waals surface area (Å²) in [5, 5.41) is 0. The third-order valence-corrected chi connectivity index (χ3v) is 3.26. The minimum absolute atomic E-state index is 0.306. The van der Waals surface area contributed by atoms with E-state index in [1.54, 1.807) is 0 Å². The molecule has 0 fully saturated rings. The zero-order valence-electron chi connectivity index (χ0n) is 9.16. The standard InChI is InChI=1S/C9H15F3INO2/c1-3-4-5-6-8(14-13,7(15)16-2)9(10,11)12/h14H,3-6H2,1-2H3. The van der Waals surface area contributed by atoms with Crippen LogP contribution in [-0.2, 0) is 9.53 Å². The summed E-state index contributed by atoms with van der Waals surface area (Å²) < 4.78 is 44.9. The summed E-state index contributed by atoms with van der Waals surface area (Å²) in [6.07, 6.45) is -3.21. The first-order valence-electron chi connectivity index (χ1n) is 4.88. The Hall–Kier alpha value is -0.0500. The van der Waals surface area contributed by atoms with E-state index in [0.717, 1.165) is 13.5 Å². The van der Waals surface area contributed by atoms with E-state index in [4.69, 9.17) is 0 Å². The second-order valence-corrected chi connectivity index (χ2v) is 3.99. The van der Waals surface area contributed by atoms with Crippen LogP contribution in [0, 0.1) is 0 Å². The van der Waals surface area contributed by atoms with Crippen molar-refractivity contribution in [3.05, 3.63) is 0 Å². The summed E-state index contributed by atoms with van der Waals surface area (Å²) in [6, 6.07) is 0. The highest BCUT2D eigenvalue weighted by Gasteiger charge is 2.60. The van der Waals surface area contributed by atoms with Crippen LogP contribution >= 0.6 is 22.9 Å². The van der Waals surface area contributed by atoms with Gasteiger partial charge >= 0.3 is 12.1 Å². The van der Waals surface area contributed by atoms with E-state index in [-0.39, 0.29) is 6.42 Å². The van der Waals surface area contributed by atoms with Gasteiger partial charge in [0.05, 0.1) is 7.11 Å². The van der Waals surface area contributed by atoms with Crippen molar-refractivity contribution in [2.24, 2.45) is 0 Å². The van der Waals surface area contributed by atoms with Crippen LogP contribution in [0.25, 0.3) is 0 Å². The quantitative estimate of drug-likeness (QED) is 0.345. The molecule has 1 N–H and O–H groups in total. The van der Waals surface area contributed by atoms with Gasteiger partial charge in [-0.15, -0.1) is 0 Å². The lowest BCUT2D eigenvalue weighted by Gasteiger charge is -2.31. The van der Waals surface area contributed by atoms with Crippen LogP contribution in [0.4, 0.5) is 13.2 Å². The van der Waals surface area contributed by atoms with Crippen molar-refractivity contribution in [3.63, 3.8) is 0 Å². The molecule has 7 heteroatoms. The molecule has 1 unspecified atom stereocenters. The van der Waals surface area contributed by atoms with Gasteiger partial charge in [0.15, 0.2) is 0 Å². The van der Waals surface area contributed by atoms with Gasteiger partial charge in [-0.25, -0.2) is 8.32 Å². The number of nitrogens with one attached hydrogen (secondary N) is 1. The molecule has 0 rings (SSSR count). The minimum atomic E-state index is -4.66. The maximum absolute atomic E-state index is 12.9. The predicted octanol–water partition coefficient (Wildman–Crippen LogP) is 2.98. The largest absolute Gasteiger partial charge is 0.467 e. The molecule has 0 heterocycles. The summed E-state index contributed by atoms with van der Waals surface area (Å²) >= 11 is 1.35. The van der Waals surface area contributed by atoms with Gasteiger partial charge in [-0.1, -0.05) is 26.2 Å². The van der Waals surface area contributed by atoms with Crippen LogP contribution in [-0.4, -0.2) is 24.8 Å². The van der Waals surface area contributed by atoms with Crippen LogP contribution in [0.3, 0.4) is 0 Å². The fraction of sp³-hybridized carbons (Fsp3) is 0.889. The third kappa shape index (κ3) is 3.47. The van der Waals surface area contributed by atoms with Crippen molar-refractivity contribution in [2.45, 2.75) is 44.3 Å². The van der Waals surface area contributed by atoms with Gasteiger partial charge in [-0.2, -0.15) is 13.2 Å². The van der Waals surface area contributed by atoms with Crippen molar-refractivity contribution in [2.75, 3.05) is 7.11 Å². The second-order valence-electron chi connectivity index (χ2n) is 3.45. The van der Waals surface area contributed by atoms with Crippen LogP contribution in [0.1, 0.15) is 32.6 Å². The average Bonchev–Trinajstić information content (AvgIpc) is 2.22. The normalized spacial score (nSPS) is 15.6. The minimum Gasteiger partial charge on any atom is -0.467 e. The fourth-order valence-corrected chi connectivity index (χ4v) is 2.11. The summed E-state index contributed by atoms with van der Waals surface area (Å²) in [4.78, 5) is 11.3. The van der Waals surface area contributed by atoms with Crippen LogP contribution in [0.5, 0.6) is 0 Å². The smallest absolute Gasteiger partial charge is 0.418 e. The molecular formula is C9H15F3INO2. The number of carbonyl (C=O) groups excluding carboxylic acids is 1. The zero-order valence-corrected chi connectivity index (χ0v) is 11.3. The van der Waals surface area contributed by atoms with Crippen molar-refractivity contribution < 1.29 is 22.7 Å². The number of hydrogen-bond donors (Lipinski definition) is 1. The molecule has 0 saturated carbocycles. The second kappa shape index (κ2) is 6.63. The van der Waals surface area contributed by atoms with E-state index in [9.17, 15) is 18.0 Å². The van der Waals surface area contributed by atoms with E-state index < -0.39 is 17.7 Å². The molecule has 3 nitrogen and oxygen atoms in total. The molecule has 1 atom stereocenters. The zero-order chi connectivity index (χ0) is 12.8. The number of esters is 1. The number of halogens is 4. The van der Waals surface area contributed by atoms with Crippen molar-refractivity contribution in [1.82, 2.24) is 3.53 Å². The first kappa shape index (κ1) is 16.0. The van der Waals surface area contributed by atoms with Crippen molar-refractivity contribution in [1.29, 1.82) is 0 Å². The van der Waals surface area contributed by atoms with E-state index in [1.165, 1.54) is 22.9 Å². The van der Waals surface area contributed by atoms with Crippen molar-refractivity contribution >= 4 is 28.8 Å². The Balaban J connectivity index is 4.91. The van der Waals surface area contributed by atoms with Crippen LogP contribution in [0.15, 0.2) is 0 Å². The van der Waals surface area contributed by atoms with Gasteiger partial charge in [0, 0.05) is 22.9 Å². The molecule has 96 valence electrons. The number of hydrogen-bond acceptors (Lipinski definition) is 3. The van der Waals surface area contributed by atoms with E-state index in [0.29, 0.717) is 12.8 Å². The molecule has 0 aromatic carbocycles. The monoisotopic (exact) mass is 353 g/mol. The molecule has 0 aliphatic carbocycles. The van der Waals surface area contributed by atoms with Crippen molar-refractivity contribution in [3.8, 4) is 0 Å². The molecule has 0 aromatic heterocycles. The van der Waals surface area contributed by atoms with E-state index >= 15 is 0 Å². The molecule has 16 heavy (non-hydrogen) atoms. The number of carbonyl (C=O) groups is 1. The maximum Gasteiger partial charge on any atom is 0.418 e. The molecule has 0 aliphatic rings. The van der Waals surface area contributed by atoms with Crippen LogP contribution < -0.4 is 3.53 Å². The number of rotatable bonds is 6. The molecule has 0 saturated heterocycles. The van der Waals surface area contributed by atoms with Gasteiger partial charge in [-0.05, 0) is 6.42 Å². The molecule has 0 bridgehead atoms. The average molecular weight is 353 g/mol. The fourth-order valence-electron chi connectivity index (χ4n) is 1.31. The van der Waals surface area contributed by atoms with Gasteiger partial charge in [0.25, 0.3) is 0 Å². The highest BCUT2D eigenvalue weighted by atomic mass is 127. The topological polar surface area (TPSA) is 38.3 Å². The summed E-state index contributed by atoms with van der Waals surface area (Å²) in [6.45, 7) is 1.88. The van der Waals surface area contributed by atoms with E-state index in [2.05, 4.69) is 4.74 Å². The van der Waals surface area contributed by atoms with Gasteiger partial charge in [-0.3, -0.25) is 0 Å². The summed E-state index contributed by atoms with van der Waals surface area (Å²) in [5.74, 6) is -1.29. The Morgan fingerprint density at radius 2 is 1.94 bits per heavy atom. The molecule has 0 amide bonds. The number of methoxy groups -OCH3 is 1. The number of unbranched alkanes of at least 4 members (excludes halogenated alkanes) is 2. The highest BCUT2D eigenvalue weighted by molar-refractivity contribution is 14.1. The molecular weight excluding hydrogens is 338 g/mol. The van der Waals surface area contributed by atoms with Gasteiger partial charge in [0.1, 0.15) is 0 Å². The van der Waals surface area contributed by atoms with E-state index in [1.807, 2.05) is 10.5 Å². The first-order chi connectivity index (χ1) is 7.35. The Kier molecular flexibility index (Phi) is 6.61. The Morgan fingerprint density at radius 3 is 2.25 bits per heavy atom. The van der Waals surface area contributed by atoms with Gasteiger partial charge in [0.2, 0.25) is 5.54 Å². The number of alkyl halides is 3. The Morgan fingerprint density at radius 1 is 1.38 bits per heavy atom. The summed E-state index contributed by atoms with van der Waals surface area (Å²) in [7, 11) is 0.955. The molecule has 0 spiro atoms. The first-order valence-corrected chi connectivity index (χ1v) is 5.96. The highest BCUT2D eigenvalue weighted by Crippen LogP contribution is 2.36. The molecule has 0 aliphatic heterocycles. The van der Waals surface area contributed by atoms with Crippen LogP contribution in [0.2, 0.25) is 0 Å². The Bertz CT molecular complexity index is 235. The SMILES string of the molecule is CCCCCC(NI)(C(=O)OC)C(F)(F)F. The lowest BCUT2D eigenvalue weighted by atomic mass is 9.92. The summed E-state index contributed by atoms with van der Waals surface area (Å²) in [5.41, 5.74) is -2.59. The lowest BCUT2D eigenvalue weighted by molar-refractivity contribution is -0.208.